The maximum atomic E-state index is 10.2. The molecular weight excluding hydrogens is 190 g/mol. The zero-order chi connectivity index (χ0) is 10.3. The third-order valence-corrected chi connectivity index (χ3v) is 3.30. The van der Waals surface area contributed by atoms with Gasteiger partial charge in [0.15, 0.2) is 0 Å². The Morgan fingerprint density at radius 2 is 2.33 bits per heavy atom. The summed E-state index contributed by atoms with van der Waals surface area (Å²) in [6.07, 6.45) is 8.08. The van der Waals surface area contributed by atoms with E-state index in [2.05, 4.69) is 11.4 Å². The second-order valence-electron chi connectivity index (χ2n) is 4.24. The lowest BCUT2D eigenvalue weighted by atomic mass is 9.89. The van der Waals surface area contributed by atoms with Crippen LogP contribution in [0.3, 0.4) is 0 Å². The van der Waals surface area contributed by atoms with Crippen molar-refractivity contribution in [3.05, 3.63) is 35.1 Å². The van der Waals surface area contributed by atoms with Crippen LogP contribution in [0.4, 0.5) is 0 Å². The molecule has 3 heteroatoms. The minimum Gasteiger partial charge on any atom is -0.507 e. The molecule has 15 heavy (non-hydrogen) atoms. The molecule has 2 aliphatic heterocycles. The molecule has 80 valence electrons. The molecule has 0 aromatic rings. The lowest BCUT2D eigenvalue weighted by Crippen LogP contribution is -2.42. The average Bonchev–Trinajstić information content (AvgIpc) is 2.30. The number of ether oxygens (including phenoxy) is 1. The molecule has 0 bridgehead atoms. The first-order chi connectivity index (χ1) is 7.36. The average molecular weight is 205 g/mol. The van der Waals surface area contributed by atoms with E-state index in [1.54, 1.807) is 0 Å². The third-order valence-electron chi connectivity index (χ3n) is 3.30. The van der Waals surface area contributed by atoms with Gasteiger partial charge in [-0.25, -0.2) is 0 Å². The summed E-state index contributed by atoms with van der Waals surface area (Å²) in [6, 6.07) is 0. The predicted octanol–water partition coefficient (Wildman–Crippen LogP) is 1.45. The number of allylic oxidation sites excluding steroid dienone is 2. The Balaban J connectivity index is 2.01. The van der Waals surface area contributed by atoms with Gasteiger partial charge in [0.05, 0.1) is 12.2 Å². The van der Waals surface area contributed by atoms with Crippen molar-refractivity contribution in [2.45, 2.75) is 25.0 Å². The quantitative estimate of drug-likeness (QED) is 0.629. The van der Waals surface area contributed by atoms with Crippen molar-refractivity contribution in [2.75, 3.05) is 13.1 Å². The number of aliphatic hydroxyl groups excluding tert-OH is 1. The van der Waals surface area contributed by atoms with Gasteiger partial charge < -0.3 is 15.2 Å². The molecule has 1 saturated heterocycles. The van der Waals surface area contributed by atoms with E-state index in [1.165, 1.54) is 0 Å². The number of hydrogen-bond acceptors (Lipinski definition) is 3. The second kappa shape index (κ2) is 3.51. The fraction of sp³-hybridized carbons (Fsp3) is 0.500. The molecule has 1 aliphatic carbocycles. The zero-order valence-electron chi connectivity index (χ0n) is 8.57. The van der Waals surface area contributed by atoms with Gasteiger partial charge in [-0.2, -0.15) is 0 Å². The van der Waals surface area contributed by atoms with Gasteiger partial charge >= 0.3 is 0 Å². The Bertz CT molecular complexity index is 368. The topological polar surface area (TPSA) is 41.5 Å². The molecule has 3 rings (SSSR count). The van der Waals surface area contributed by atoms with Crippen LogP contribution in [0.15, 0.2) is 35.1 Å². The summed E-state index contributed by atoms with van der Waals surface area (Å²) < 4.78 is 5.99. The van der Waals surface area contributed by atoms with Crippen molar-refractivity contribution in [3.8, 4) is 0 Å². The van der Waals surface area contributed by atoms with E-state index in [0.717, 1.165) is 37.1 Å². The van der Waals surface area contributed by atoms with Crippen LogP contribution >= 0.6 is 0 Å². The summed E-state index contributed by atoms with van der Waals surface area (Å²) in [5, 5.41) is 13.4. The van der Waals surface area contributed by atoms with Gasteiger partial charge in [-0.3, -0.25) is 0 Å². The first-order valence-electron chi connectivity index (χ1n) is 5.51. The van der Waals surface area contributed by atoms with Gasteiger partial charge in [-0.15, -0.1) is 0 Å². The monoisotopic (exact) mass is 205 g/mol. The van der Waals surface area contributed by atoms with Crippen molar-refractivity contribution in [3.63, 3.8) is 0 Å². The summed E-state index contributed by atoms with van der Waals surface area (Å²) >= 11 is 0. The summed E-state index contributed by atoms with van der Waals surface area (Å²) in [7, 11) is 0. The van der Waals surface area contributed by atoms with Gasteiger partial charge in [0.1, 0.15) is 5.76 Å². The predicted molar refractivity (Wildman–Crippen MR) is 57.6 cm³/mol. The molecule has 0 aromatic carbocycles. The Morgan fingerprint density at radius 1 is 1.40 bits per heavy atom. The molecule has 0 spiro atoms. The summed E-state index contributed by atoms with van der Waals surface area (Å²) in [5.41, 5.74) is 1.98. The molecule has 0 aromatic heterocycles. The molecule has 2 heterocycles. The van der Waals surface area contributed by atoms with Gasteiger partial charge in [-0.05, 0) is 19.4 Å². The number of aliphatic hydroxyl groups is 1. The normalized spacial score (nSPS) is 34.5. The lowest BCUT2D eigenvalue weighted by Gasteiger charge is -2.37. The van der Waals surface area contributed by atoms with Crippen LogP contribution < -0.4 is 5.32 Å². The van der Waals surface area contributed by atoms with E-state index in [1.807, 2.05) is 12.2 Å². The van der Waals surface area contributed by atoms with Crippen LogP contribution in [0.2, 0.25) is 0 Å². The number of rotatable bonds is 0. The fourth-order valence-electron chi connectivity index (χ4n) is 2.48. The Kier molecular flexibility index (Phi) is 2.15. The van der Waals surface area contributed by atoms with E-state index >= 15 is 0 Å². The molecule has 3 nitrogen and oxygen atoms in total. The van der Waals surface area contributed by atoms with Crippen LogP contribution in [-0.2, 0) is 4.74 Å². The van der Waals surface area contributed by atoms with Crippen LogP contribution in [0.5, 0.6) is 0 Å². The van der Waals surface area contributed by atoms with Crippen LogP contribution in [-0.4, -0.2) is 30.4 Å². The highest BCUT2D eigenvalue weighted by molar-refractivity contribution is 5.42. The van der Waals surface area contributed by atoms with Crippen molar-refractivity contribution in [2.24, 2.45) is 0 Å². The van der Waals surface area contributed by atoms with E-state index in [0.29, 0.717) is 5.76 Å². The molecule has 2 N–H and O–H groups in total. The molecule has 1 fully saturated rings. The second-order valence-corrected chi connectivity index (χ2v) is 4.24. The SMILES string of the molecule is OC1=C2CNCCC2OC2CC=CC=C12. The minimum absolute atomic E-state index is 0.0712. The van der Waals surface area contributed by atoms with Crippen molar-refractivity contribution < 1.29 is 9.84 Å². The summed E-state index contributed by atoms with van der Waals surface area (Å²) in [5.74, 6) is 0.466. The fourth-order valence-corrected chi connectivity index (χ4v) is 2.48. The van der Waals surface area contributed by atoms with Crippen molar-refractivity contribution in [1.29, 1.82) is 0 Å². The van der Waals surface area contributed by atoms with Gasteiger partial charge in [0.25, 0.3) is 0 Å². The number of nitrogens with one attached hydrogen (secondary N) is 1. The maximum absolute atomic E-state index is 10.2. The van der Waals surface area contributed by atoms with E-state index in [-0.39, 0.29) is 12.2 Å². The lowest BCUT2D eigenvalue weighted by molar-refractivity contribution is 0.00326. The van der Waals surface area contributed by atoms with Crippen molar-refractivity contribution in [1.82, 2.24) is 5.32 Å². The summed E-state index contributed by atoms with van der Waals surface area (Å²) in [6.45, 7) is 1.73. The minimum atomic E-state index is 0.0712. The van der Waals surface area contributed by atoms with E-state index in [9.17, 15) is 5.11 Å². The van der Waals surface area contributed by atoms with Crippen LogP contribution in [0.25, 0.3) is 0 Å². The highest BCUT2D eigenvalue weighted by Crippen LogP contribution is 2.34. The molecule has 3 aliphatic rings. The standard InChI is InChI=1S/C12H15NO2/c14-12-8-3-1-2-4-10(8)15-11-5-6-13-7-9(11)12/h1-3,10-11,13-14H,4-7H2. The first kappa shape index (κ1) is 9.19. The zero-order valence-corrected chi connectivity index (χ0v) is 8.57. The van der Waals surface area contributed by atoms with Crippen LogP contribution in [0, 0.1) is 0 Å². The first-order valence-corrected chi connectivity index (χ1v) is 5.51. The number of piperidine rings is 1. The molecular formula is C12H15NO2. The van der Waals surface area contributed by atoms with E-state index < -0.39 is 0 Å². The summed E-state index contributed by atoms with van der Waals surface area (Å²) in [4.78, 5) is 0. The molecule has 0 radical (unpaired) electrons. The van der Waals surface area contributed by atoms with Gasteiger partial charge in [0, 0.05) is 17.7 Å². The molecule has 2 unspecified atom stereocenters. The van der Waals surface area contributed by atoms with Crippen LogP contribution in [0.1, 0.15) is 12.8 Å². The third kappa shape index (κ3) is 1.43. The Hall–Kier alpha value is -1.06. The Labute approximate surface area is 89.1 Å². The molecule has 0 amide bonds. The smallest absolute Gasteiger partial charge is 0.124 e. The maximum Gasteiger partial charge on any atom is 0.124 e. The highest BCUT2D eigenvalue weighted by Gasteiger charge is 2.34. The van der Waals surface area contributed by atoms with Gasteiger partial charge in [0.2, 0.25) is 0 Å². The van der Waals surface area contributed by atoms with E-state index in [4.69, 9.17) is 4.74 Å². The molecule has 2 atom stereocenters. The number of fused-ring (bicyclic) bond motifs is 2. The number of hydrogen-bond donors (Lipinski definition) is 2. The van der Waals surface area contributed by atoms with Gasteiger partial charge in [-0.1, -0.05) is 18.2 Å². The molecule has 0 saturated carbocycles. The largest absolute Gasteiger partial charge is 0.507 e. The Morgan fingerprint density at radius 3 is 3.27 bits per heavy atom. The van der Waals surface area contributed by atoms with Crippen molar-refractivity contribution >= 4 is 0 Å². The highest BCUT2D eigenvalue weighted by atomic mass is 16.5.